The molecule has 4 heteroatoms. The molecule has 2 atom stereocenters. The van der Waals surface area contributed by atoms with Gasteiger partial charge in [-0.15, -0.1) is 0 Å². The van der Waals surface area contributed by atoms with E-state index in [1.807, 2.05) is 18.2 Å². The number of fused-ring (bicyclic) bond motifs is 2. The van der Waals surface area contributed by atoms with Crippen LogP contribution in [-0.4, -0.2) is 37.2 Å². The highest BCUT2D eigenvalue weighted by Gasteiger charge is 2.35. The van der Waals surface area contributed by atoms with E-state index in [0.29, 0.717) is 18.1 Å². The quantitative estimate of drug-likeness (QED) is 0.924. The van der Waals surface area contributed by atoms with E-state index >= 15 is 0 Å². The summed E-state index contributed by atoms with van der Waals surface area (Å²) >= 11 is 6.34. The Morgan fingerprint density at radius 1 is 1.30 bits per heavy atom. The van der Waals surface area contributed by atoms with Gasteiger partial charge in [0.05, 0.1) is 7.11 Å². The van der Waals surface area contributed by atoms with E-state index in [4.69, 9.17) is 16.3 Å². The number of nitrogens with zero attached hydrogens (tertiary/aromatic N) is 1. The zero-order valence-electron chi connectivity index (χ0n) is 12.2. The lowest BCUT2D eigenvalue weighted by Crippen LogP contribution is -2.46. The topological polar surface area (TPSA) is 24.5 Å². The molecule has 2 aliphatic heterocycles. The SMILES string of the molecule is COc1cccc(Cl)c1CN(C)C1CC2CCC(C1)N2. The molecule has 20 heavy (non-hydrogen) atoms. The van der Waals surface area contributed by atoms with Crippen molar-refractivity contribution >= 4 is 11.6 Å². The molecule has 1 N–H and O–H groups in total. The number of benzene rings is 1. The lowest BCUT2D eigenvalue weighted by Gasteiger charge is -2.36. The highest BCUT2D eigenvalue weighted by molar-refractivity contribution is 6.31. The number of ether oxygens (including phenoxy) is 1. The van der Waals surface area contributed by atoms with Crippen LogP contribution in [0.1, 0.15) is 31.2 Å². The first-order valence-corrected chi connectivity index (χ1v) is 7.83. The lowest BCUT2D eigenvalue weighted by atomic mass is 9.98. The maximum absolute atomic E-state index is 6.34. The number of hydrogen-bond donors (Lipinski definition) is 1. The second-order valence-electron chi connectivity index (χ2n) is 6.10. The minimum absolute atomic E-state index is 0.648. The molecule has 2 unspecified atom stereocenters. The third-order valence-electron chi connectivity index (χ3n) is 4.77. The van der Waals surface area contributed by atoms with Crippen LogP contribution in [-0.2, 0) is 6.54 Å². The molecule has 2 fully saturated rings. The third-order valence-corrected chi connectivity index (χ3v) is 5.13. The van der Waals surface area contributed by atoms with Crippen LogP contribution >= 0.6 is 11.6 Å². The maximum atomic E-state index is 6.34. The molecule has 0 aliphatic carbocycles. The Balaban J connectivity index is 1.71. The van der Waals surface area contributed by atoms with Gasteiger partial charge in [-0.3, -0.25) is 4.90 Å². The Hall–Kier alpha value is -0.770. The predicted octanol–water partition coefficient (Wildman–Crippen LogP) is 3.06. The highest BCUT2D eigenvalue weighted by Crippen LogP contribution is 2.32. The molecule has 2 aliphatic rings. The molecule has 2 bridgehead atoms. The zero-order valence-corrected chi connectivity index (χ0v) is 13.0. The molecule has 2 heterocycles. The molecule has 0 radical (unpaired) electrons. The first-order valence-electron chi connectivity index (χ1n) is 7.45. The van der Waals surface area contributed by atoms with Crippen molar-refractivity contribution in [1.29, 1.82) is 0 Å². The first kappa shape index (κ1) is 14.2. The molecule has 0 aromatic heterocycles. The van der Waals surface area contributed by atoms with Crippen LogP contribution in [0.25, 0.3) is 0 Å². The van der Waals surface area contributed by atoms with Crippen LogP contribution < -0.4 is 10.1 Å². The van der Waals surface area contributed by atoms with Gasteiger partial charge in [-0.05, 0) is 44.9 Å². The number of rotatable bonds is 4. The molecule has 0 saturated carbocycles. The summed E-state index contributed by atoms with van der Waals surface area (Å²) in [6, 6.07) is 7.95. The van der Waals surface area contributed by atoms with Gasteiger partial charge in [0.15, 0.2) is 0 Å². The Labute approximate surface area is 126 Å². The van der Waals surface area contributed by atoms with Gasteiger partial charge < -0.3 is 10.1 Å². The van der Waals surface area contributed by atoms with Crippen molar-refractivity contribution < 1.29 is 4.74 Å². The van der Waals surface area contributed by atoms with E-state index in [1.165, 1.54) is 25.7 Å². The lowest BCUT2D eigenvalue weighted by molar-refractivity contribution is 0.164. The van der Waals surface area contributed by atoms with Crippen LogP contribution in [0.5, 0.6) is 5.75 Å². The monoisotopic (exact) mass is 294 g/mol. The number of halogens is 1. The molecule has 0 spiro atoms. The summed E-state index contributed by atoms with van der Waals surface area (Å²) in [7, 11) is 3.91. The summed E-state index contributed by atoms with van der Waals surface area (Å²) in [6.07, 6.45) is 5.17. The highest BCUT2D eigenvalue weighted by atomic mass is 35.5. The van der Waals surface area contributed by atoms with E-state index in [0.717, 1.165) is 22.9 Å². The maximum Gasteiger partial charge on any atom is 0.124 e. The minimum atomic E-state index is 0.648. The molecule has 3 rings (SSSR count). The van der Waals surface area contributed by atoms with E-state index in [2.05, 4.69) is 17.3 Å². The van der Waals surface area contributed by atoms with Gasteiger partial charge in [-0.2, -0.15) is 0 Å². The third kappa shape index (κ3) is 2.80. The van der Waals surface area contributed by atoms with E-state index in [-0.39, 0.29) is 0 Å². The van der Waals surface area contributed by atoms with Gasteiger partial charge in [0.1, 0.15) is 5.75 Å². The molecule has 1 aromatic carbocycles. The largest absolute Gasteiger partial charge is 0.496 e. The predicted molar refractivity (Wildman–Crippen MR) is 82.4 cm³/mol. The van der Waals surface area contributed by atoms with Crippen molar-refractivity contribution in [3.8, 4) is 5.75 Å². The number of nitrogens with one attached hydrogen (secondary N) is 1. The van der Waals surface area contributed by atoms with Crippen LogP contribution in [0, 0.1) is 0 Å². The molecule has 2 saturated heterocycles. The molecular formula is C16H23ClN2O. The van der Waals surface area contributed by atoms with Crippen molar-refractivity contribution in [3.63, 3.8) is 0 Å². The van der Waals surface area contributed by atoms with Crippen LogP contribution in [0.15, 0.2) is 18.2 Å². The summed E-state index contributed by atoms with van der Waals surface area (Å²) in [5.74, 6) is 0.890. The summed E-state index contributed by atoms with van der Waals surface area (Å²) in [6.45, 7) is 0.854. The smallest absolute Gasteiger partial charge is 0.124 e. The summed E-state index contributed by atoms with van der Waals surface area (Å²) in [5.41, 5.74) is 1.10. The molecule has 110 valence electrons. The summed E-state index contributed by atoms with van der Waals surface area (Å²) < 4.78 is 5.45. The Bertz CT molecular complexity index is 468. The average molecular weight is 295 g/mol. The van der Waals surface area contributed by atoms with Crippen LogP contribution in [0.2, 0.25) is 5.02 Å². The number of hydrogen-bond acceptors (Lipinski definition) is 3. The average Bonchev–Trinajstić information content (AvgIpc) is 2.79. The van der Waals surface area contributed by atoms with Gasteiger partial charge in [-0.25, -0.2) is 0 Å². The number of methoxy groups -OCH3 is 1. The standard InChI is InChI=1S/C16H23ClN2O/c1-19(13-8-11-6-7-12(9-13)18-11)10-14-15(17)4-3-5-16(14)20-2/h3-5,11-13,18H,6-10H2,1-2H3. The van der Waals surface area contributed by atoms with Crippen molar-refractivity contribution in [1.82, 2.24) is 10.2 Å². The summed E-state index contributed by atoms with van der Waals surface area (Å²) in [5, 5.41) is 4.49. The molecule has 1 aromatic rings. The molecule has 3 nitrogen and oxygen atoms in total. The van der Waals surface area contributed by atoms with E-state index in [1.54, 1.807) is 7.11 Å². The fourth-order valence-corrected chi connectivity index (χ4v) is 3.87. The van der Waals surface area contributed by atoms with Gasteiger partial charge in [0.25, 0.3) is 0 Å². The van der Waals surface area contributed by atoms with Crippen molar-refractivity contribution in [2.45, 2.75) is 50.4 Å². The van der Waals surface area contributed by atoms with Gasteiger partial charge in [0, 0.05) is 35.3 Å². The summed E-state index contributed by atoms with van der Waals surface area (Å²) in [4.78, 5) is 2.44. The van der Waals surface area contributed by atoms with Crippen LogP contribution in [0.3, 0.4) is 0 Å². The van der Waals surface area contributed by atoms with Crippen molar-refractivity contribution in [2.75, 3.05) is 14.2 Å². The first-order chi connectivity index (χ1) is 9.67. The fraction of sp³-hybridized carbons (Fsp3) is 0.625. The van der Waals surface area contributed by atoms with Crippen LogP contribution in [0.4, 0.5) is 0 Å². The van der Waals surface area contributed by atoms with E-state index < -0.39 is 0 Å². The van der Waals surface area contributed by atoms with Gasteiger partial charge >= 0.3 is 0 Å². The molecular weight excluding hydrogens is 272 g/mol. The molecule has 0 amide bonds. The minimum Gasteiger partial charge on any atom is -0.496 e. The normalized spacial score (nSPS) is 28.9. The van der Waals surface area contributed by atoms with Gasteiger partial charge in [0.2, 0.25) is 0 Å². The van der Waals surface area contributed by atoms with E-state index in [9.17, 15) is 0 Å². The Kier molecular flexibility index (Phi) is 4.20. The van der Waals surface area contributed by atoms with Crippen molar-refractivity contribution in [2.24, 2.45) is 0 Å². The number of piperidine rings is 1. The zero-order chi connectivity index (χ0) is 14.1. The Morgan fingerprint density at radius 3 is 2.65 bits per heavy atom. The second-order valence-corrected chi connectivity index (χ2v) is 6.51. The van der Waals surface area contributed by atoms with Crippen molar-refractivity contribution in [3.05, 3.63) is 28.8 Å². The van der Waals surface area contributed by atoms with Gasteiger partial charge in [-0.1, -0.05) is 17.7 Å². The fourth-order valence-electron chi connectivity index (χ4n) is 3.65. The Morgan fingerprint density at radius 2 is 2.00 bits per heavy atom. The second kappa shape index (κ2) is 5.92.